The molecule has 3 aromatic rings. The molecule has 0 spiro atoms. The van der Waals surface area contributed by atoms with Crippen molar-refractivity contribution in [2.24, 2.45) is 5.92 Å². The first-order chi connectivity index (χ1) is 19.6. The molecule has 5 rings (SSSR count). The van der Waals surface area contributed by atoms with E-state index in [1.54, 1.807) is 10.5 Å². The van der Waals surface area contributed by atoms with Gasteiger partial charge < -0.3 is 19.9 Å². The van der Waals surface area contributed by atoms with Crippen molar-refractivity contribution in [3.8, 4) is 0 Å². The van der Waals surface area contributed by atoms with Gasteiger partial charge >= 0.3 is 6.09 Å². The summed E-state index contributed by atoms with van der Waals surface area (Å²) in [6.45, 7) is 9.86. The second-order valence-electron chi connectivity index (χ2n) is 12.1. The first-order valence-electron chi connectivity index (χ1n) is 14.4. The van der Waals surface area contributed by atoms with E-state index < -0.39 is 5.60 Å². The third kappa shape index (κ3) is 7.01. The summed E-state index contributed by atoms with van der Waals surface area (Å²) >= 11 is 5.42. The lowest BCUT2D eigenvalue weighted by Crippen LogP contribution is -2.53. The molecular weight excluding hydrogens is 538 g/mol. The third-order valence-electron chi connectivity index (χ3n) is 7.73. The van der Waals surface area contributed by atoms with Crippen LogP contribution in [0.2, 0.25) is 0 Å². The smallest absolute Gasteiger partial charge is 0.410 e. The van der Waals surface area contributed by atoms with Crippen molar-refractivity contribution < 1.29 is 14.3 Å². The Bertz CT molecular complexity index is 1450. The summed E-state index contributed by atoms with van der Waals surface area (Å²) in [5.41, 5.74) is 0.978. The summed E-state index contributed by atoms with van der Waals surface area (Å²) in [5.74, 6) is 0.983. The fourth-order valence-electron chi connectivity index (χ4n) is 5.31. The Hall–Kier alpha value is -3.60. The topological polar surface area (TPSA) is 105 Å². The molecule has 3 aromatic heterocycles. The molecule has 1 saturated heterocycles. The van der Waals surface area contributed by atoms with Crippen molar-refractivity contribution in [3.63, 3.8) is 0 Å². The van der Waals surface area contributed by atoms with Crippen LogP contribution in [0.15, 0.2) is 42.6 Å². The first-order valence-corrected chi connectivity index (χ1v) is 14.9. The molecular formula is C30H39N7O3S. The predicted molar refractivity (Wildman–Crippen MR) is 159 cm³/mol. The largest absolute Gasteiger partial charge is 0.444 e. The summed E-state index contributed by atoms with van der Waals surface area (Å²) in [7, 11) is 0. The molecule has 1 aliphatic heterocycles. The number of anilines is 1. The number of amides is 2. The first kappa shape index (κ1) is 28.9. The van der Waals surface area contributed by atoms with Crippen LogP contribution in [0.3, 0.4) is 0 Å². The number of aromatic nitrogens is 4. The number of pyridine rings is 1. The highest BCUT2D eigenvalue weighted by molar-refractivity contribution is 7.71. The van der Waals surface area contributed by atoms with Crippen LogP contribution in [-0.4, -0.2) is 67.8 Å². The molecule has 41 heavy (non-hydrogen) atoms. The van der Waals surface area contributed by atoms with Crippen LogP contribution in [0.4, 0.5) is 10.6 Å². The van der Waals surface area contributed by atoms with E-state index in [1.807, 2.05) is 69.1 Å². The number of carbonyl (C=O) groups is 2. The minimum atomic E-state index is -0.534. The molecule has 2 atom stereocenters. The lowest BCUT2D eigenvalue weighted by molar-refractivity contribution is 0.00732. The highest BCUT2D eigenvalue weighted by Gasteiger charge is 2.35. The van der Waals surface area contributed by atoms with Gasteiger partial charge in [0.15, 0.2) is 5.82 Å². The van der Waals surface area contributed by atoms with Crippen LogP contribution in [0.5, 0.6) is 0 Å². The minimum absolute atomic E-state index is 0.0563. The quantitative estimate of drug-likeness (QED) is 0.375. The molecule has 1 unspecified atom stereocenters. The summed E-state index contributed by atoms with van der Waals surface area (Å²) in [6, 6.07) is 10.6. The number of rotatable bonds is 7. The van der Waals surface area contributed by atoms with E-state index in [-0.39, 0.29) is 29.8 Å². The van der Waals surface area contributed by atoms with Crippen LogP contribution in [0.1, 0.15) is 82.0 Å². The van der Waals surface area contributed by atoms with E-state index in [0.29, 0.717) is 28.4 Å². The zero-order chi connectivity index (χ0) is 29.1. The van der Waals surface area contributed by atoms with Gasteiger partial charge in [-0.25, -0.2) is 9.78 Å². The van der Waals surface area contributed by atoms with E-state index >= 15 is 0 Å². The minimum Gasteiger partial charge on any atom is -0.444 e. The molecule has 1 saturated carbocycles. The van der Waals surface area contributed by atoms with Crippen molar-refractivity contribution in [2.45, 2.75) is 77.5 Å². The zero-order valence-electron chi connectivity index (χ0n) is 24.2. The molecule has 0 bridgehead atoms. The van der Waals surface area contributed by atoms with Gasteiger partial charge in [-0.15, -0.1) is 5.10 Å². The SMILES string of the molecule is CC(NC(=O)c1cc(=S)n2ccccc2n1)c1ccc(N2CCC[C@@H](N(CC3CCC3)C(=O)OC(C)(C)C)C2)nn1. The lowest BCUT2D eigenvalue weighted by atomic mass is 9.84. The number of carbonyl (C=O) groups excluding carboxylic acids is 2. The summed E-state index contributed by atoms with van der Waals surface area (Å²) < 4.78 is 8.06. The van der Waals surface area contributed by atoms with Gasteiger partial charge in [0.05, 0.1) is 17.8 Å². The molecule has 0 aromatic carbocycles. The molecule has 2 aliphatic rings. The Morgan fingerprint density at radius 1 is 1.15 bits per heavy atom. The predicted octanol–water partition coefficient (Wildman–Crippen LogP) is 5.35. The highest BCUT2D eigenvalue weighted by atomic mass is 32.1. The van der Waals surface area contributed by atoms with E-state index in [2.05, 4.69) is 25.4 Å². The van der Waals surface area contributed by atoms with Gasteiger partial charge in [-0.2, -0.15) is 5.10 Å². The maximum absolute atomic E-state index is 13.2. The fraction of sp³-hybridized carbons (Fsp3) is 0.533. The van der Waals surface area contributed by atoms with Crippen molar-refractivity contribution in [3.05, 3.63) is 58.6 Å². The van der Waals surface area contributed by atoms with E-state index in [0.717, 1.165) is 31.7 Å². The van der Waals surface area contributed by atoms with Crippen LogP contribution in [-0.2, 0) is 4.74 Å². The average Bonchev–Trinajstić information content (AvgIpc) is 2.91. The molecule has 10 nitrogen and oxygen atoms in total. The Kier molecular flexibility index (Phi) is 8.53. The summed E-state index contributed by atoms with van der Waals surface area (Å²) in [4.78, 5) is 34.7. The molecule has 1 aliphatic carbocycles. The van der Waals surface area contributed by atoms with Gasteiger partial charge in [-0.1, -0.05) is 24.7 Å². The Morgan fingerprint density at radius 3 is 2.63 bits per heavy atom. The van der Waals surface area contributed by atoms with Crippen LogP contribution < -0.4 is 10.2 Å². The fourth-order valence-corrected chi connectivity index (χ4v) is 5.58. The highest BCUT2D eigenvalue weighted by Crippen LogP contribution is 2.30. The number of hydrogen-bond acceptors (Lipinski definition) is 8. The second kappa shape index (κ2) is 12.1. The molecule has 0 radical (unpaired) electrons. The van der Waals surface area contributed by atoms with Crippen molar-refractivity contribution in [2.75, 3.05) is 24.5 Å². The lowest BCUT2D eigenvalue weighted by Gasteiger charge is -2.42. The van der Waals surface area contributed by atoms with Crippen molar-refractivity contribution in [1.82, 2.24) is 29.8 Å². The summed E-state index contributed by atoms with van der Waals surface area (Å²) in [5, 5.41) is 11.9. The number of hydrogen-bond donors (Lipinski definition) is 1. The van der Waals surface area contributed by atoms with Crippen LogP contribution in [0, 0.1) is 10.6 Å². The maximum Gasteiger partial charge on any atom is 0.410 e. The number of nitrogens with zero attached hydrogens (tertiary/aromatic N) is 6. The maximum atomic E-state index is 13.2. The van der Waals surface area contributed by atoms with Gasteiger partial charge in [0, 0.05) is 31.9 Å². The monoisotopic (exact) mass is 577 g/mol. The number of nitrogens with one attached hydrogen (secondary N) is 1. The second-order valence-corrected chi connectivity index (χ2v) is 12.5. The Balaban J connectivity index is 1.24. The normalized spacial score (nSPS) is 18.4. The zero-order valence-corrected chi connectivity index (χ0v) is 25.1. The van der Waals surface area contributed by atoms with Gasteiger partial charge in [0.1, 0.15) is 21.6 Å². The van der Waals surface area contributed by atoms with Gasteiger partial charge in [-0.3, -0.25) is 9.20 Å². The van der Waals surface area contributed by atoms with Gasteiger partial charge in [-0.05, 0) is 83.6 Å². The molecule has 218 valence electrons. The number of ether oxygens (including phenoxy) is 1. The van der Waals surface area contributed by atoms with Crippen molar-refractivity contribution >= 4 is 35.7 Å². The number of fused-ring (bicyclic) bond motifs is 1. The number of piperidine rings is 1. The molecule has 1 N–H and O–H groups in total. The standard InChI is InChI=1S/C30H39N7O3S/c1-20(31-28(38)24-17-27(41)36-16-6-5-12-25(36)32-24)23-13-14-26(34-33-23)35-15-8-11-22(19-35)37(18-21-9-7-10-21)29(39)40-30(2,3)4/h5-6,12-14,16-17,20-22H,7-11,15,18-19H2,1-4H3,(H,31,38)/t20?,22-/m1/s1. The molecule has 2 fully saturated rings. The molecule has 2 amide bonds. The van der Waals surface area contributed by atoms with Gasteiger partial charge in [0.2, 0.25) is 0 Å². The molecule has 11 heteroatoms. The Morgan fingerprint density at radius 2 is 1.95 bits per heavy atom. The van der Waals surface area contributed by atoms with E-state index in [1.165, 1.54) is 19.3 Å². The summed E-state index contributed by atoms with van der Waals surface area (Å²) in [6.07, 6.45) is 7.04. The van der Waals surface area contributed by atoms with Crippen LogP contribution in [0.25, 0.3) is 5.65 Å². The van der Waals surface area contributed by atoms with Crippen LogP contribution >= 0.6 is 12.2 Å². The van der Waals surface area contributed by atoms with Gasteiger partial charge in [0.25, 0.3) is 5.91 Å². The average molecular weight is 578 g/mol. The third-order valence-corrected chi connectivity index (χ3v) is 8.05. The van der Waals surface area contributed by atoms with E-state index in [4.69, 9.17) is 17.0 Å². The van der Waals surface area contributed by atoms with E-state index in [9.17, 15) is 9.59 Å². The Labute approximate surface area is 246 Å². The molecule has 4 heterocycles. The van der Waals surface area contributed by atoms with Crippen molar-refractivity contribution in [1.29, 1.82) is 0 Å².